The lowest BCUT2D eigenvalue weighted by molar-refractivity contribution is -0.155. The first-order valence-corrected chi connectivity index (χ1v) is 8.52. The van der Waals surface area contributed by atoms with Crippen LogP contribution in [-0.2, 0) is 23.8 Å². The summed E-state index contributed by atoms with van der Waals surface area (Å²) in [5, 5.41) is 0.885. The molecule has 0 amide bonds. The zero-order chi connectivity index (χ0) is 19.7. The molecule has 1 fully saturated rings. The van der Waals surface area contributed by atoms with Crippen LogP contribution < -0.4 is 10.5 Å². The van der Waals surface area contributed by atoms with Gasteiger partial charge in [-0.3, -0.25) is 14.2 Å². The second kappa shape index (κ2) is 7.57. The Hall–Kier alpha value is -2.59. The lowest BCUT2D eigenvalue weighted by atomic mass is 10.2. The van der Waals surface area contributed by atoms with Crippen LogP contribution in [0.1, 0.15) is 26.5 Å². The van der Waals surface area contributed by atoms with E-state index in [9.17, 15) is 9.59 Å². The molecular weight excluding hydrogens is 380 g/mol. The summed E-state index contributed by atoms with van der Waals surface area (Å²) < 4.78 is 23.1. The van der Waals surface area contributed by atoms with Crippen LogP contribution in [0.25, 0.3) is 11.0 Å². The van der Waals surface area contributed by atoms with Crippen molar-refractivity contribution in [1.29, 1.82) is 0 Å². The molecule has 0 unspecified atom stereocenters. The third-order valence-electron chi connectivity index (χ3n) is 4.06. The number of nitrogens with zero attached hydrogens (tertiary/aromatic N) is 3. The maximum Gasteiger partial charge on any atom is 0.303 e. The number of fused-ring (bicyclic) bond motifs is 1. The molecule has 2 aromatic rings. The number of hydrogen-bond acceptors (Lipinski definition) is 9. The van der Waals surface area contributed by atoms with Crippen LogP contribution in [0.2, 0.25) is 5.15 Å². The van der Waals surface area contributed by atoms with Gasteiger partial charge in [-0.25, -0.2) is 0 Å². The molecule has 1 saturated heterocycles. The number of hydrogen-bond donors (Lipinski definition) is 1. The number of rotatable bonds is 5. The third-order valence-corrected chi connectivity index (χ3v) is 4.35. The Morgan fingerprint density at radius 3 is 2.74 bits per heavy atom. The second-order valence-electron chi connectivity index (χ2n) is 5.98. The summed E-state index contributed by atoms with van der Waals surface area (Å²) in [6.07, 6.45) is -1.57. The van der Waals surface area contributed by atoms with Crippen molar-refractivity contribution in [3.63, 3.8) is 0 Å². The topological polar surface area (TPSA) is 128 Å². The molecule has 0 saturated carbocycles. The fraction of sp³-hybridized carbons (Fsp3) is 0.500. The van der Waals surface area contributed by atoms with E-state index in [0.717, 1.165) is 0 Å². The Morgan fingerprint density at radius 1 is 1.37 bits per heavy atom. The fourth-order valence-electron chi connectivity index (χ4n) is 3.03. The molecule has 0 aliphatic carbocycles. The van der Waals surface area contributed by atoms with Gasteiger partial charge in [-0.2, -0.15) is 9.97 Å². The van der Waals surface area contributed by atoms with Crippen LogP contribution in [0.4, 0.5) is 5.95 Å². The maximum absolute atomic E-state index is 11.4. The summed E-state index contributed by atoms with van der Waals surface area (Å²) in [5.74, 6) is -0.627. The number of methoxy groups -OCH3 is 1. The minimum atomic E-state index is -0.641. The van der Waals surface area contributed by atoms with Crippen molar-refractivity contribution in [3.05, 3.63) is 11.2 Å². The molecule has 3 heterocycles. The maximum atomic E-state index is 11.4. The molecule has 2 N–H and O–H groups in total. The van der Waals surface area contributed by atoms with E-state index >= 15 is 0 Å². The van der Waals surface area contributed by atoms with Crippen molar-refractivity contribution >= 4 is 40.5 Å². The highest BCUT2D eigenvalue weighted by Crippen LogP contribution is 2.38. The minimum absolute atomic E-state index is 0.0152. The van der Waals surface area contributed by atoms with Crippen LogP contribution in [0.3, 0.4) is 0 Å². The van der Waals surface area contributed by atoms with Crippen molar-refractivity contribution in [2.45, 2.75) is 38.7 Å². The molecule has 1 aliphatic rings. The average molecular weight is 399 g/mol. The molecule has 10 nitrogen and oxygen atoms in total. The van der Waals surface area contributed by atoms with Gasteiger partial charge in [0.2, 0.25) is 11.8 Å². The highest BCUT2D eigenvalue weighted by atomic mass is 35.5. The molecule has 2 aromatic heterocycles. The standard InChI is InChI=1S/C16H19ClN4O6/c1-7(22)25-6-11-10(26-8(2)23)5-13(27-11)21-12(17)4-9-14(21)19-16(18)20-15(9)24-3/h4,10-11,13H,5-6H2,1-3H3,(H2,18,19,20)/t10-,11+,13-/m0/s1. The van der Waals surface area contributed by atoms with Gasteiger partial charge < -0.3 is 24.7 Å². The summed E-state index contributed by atoms with van der Waals surface area (Å²) in [6.45, 7) is 2.53. The second-order valence-corrected chi connectivity index (χ2v) is 6.37. The number of ether oxygens (including phenoxy) is 4. The van der Waals surface area contributed by atoms with Crippen molar-refractivity contribution < 1.29 is 28.5 Å². The molecule has 1 aliphatic heterocycles. The van der Waals surface area contributed by atoms with E-state index in [1.54, 1.807) is 10.6 Å². The van der Waals surface area contributed by atoms with E-state index < -0.39 is 30.4 Å². The van der Waals surface area contributed by atoms with Gasteiger partial charge in [0.05, 0.1) is 12.5 Å². The molecule has 0 radical (unpaired) electrons. The molecule has 0 aromatic carbocycles. The summed E-state index contributed by atoms with van der Waals surface area (Å²) in [5.41, 5.74) is 6.17. The van der Waals surface area contributed by atoms with E-state index in [-0.39, 0.29) is 18.4 Å². The van der Waals surface area contributed by atoms with Gasteiger partial charge in [0.15, 0.2) is 5.65 Å². The lowest BCUT2D eigenvalue weighted by Crippen LogP contribution is -2.31. The predicted octanol–water partition coefficient (Wildman–Crippen LogP) is 1.46. The Labute approximate surface area is 159 Å². The molecule has 0 spiro atoms. The first-order valence-electron chi connectivity index (χ1n) is 8.14. The smallest absolute Gasteiger partial charge is 0.303 e. The molecule has 0 bridgehead atoms. The zero-order valence-corrected chi connectivity index (χ0v) is 15.7. The number of esters is 2. The zero-order valence-electron chi connectivity index (χ0n) is 15.0. The number of halogens is 1. The first-order chi connectivity index (χ1) is 12.8. The minimum Gasteiger partial charge on any atom is -0.480 e. The van der Waals surface area contributed by atoms with Crippen LogP contribution in [0, 0.1) is 0 Å². The number of carbonyl (C=O) groups is 2. The monoisotopic (exact) mass is 398 g/mol. The molecule has 27 heavy (non-hydrogen) atoms. The van der Waals surface area contributed by atoms with Crippen molar-refractivity contribution in [3.8, 4) is 5.88 Å². The van der Waals surface area contributed by atoms with E-state index in [1.165, 1.54) is 21.0 Å². The van der Waals surface area contributed by atoms with Gasteiger partial charge in [-0.1, -0.05) is 11.6 Å². The number of nitrogens with two attached hydrogens (primary N) is 1. The summed E-state index contributed by atoms with van der Waals surface area (Å²) in [7, 11) is 1.46. The largest absolute Gasteiger partial charge is 0.480 e. The molecule has 146 valence electrons. The van der Waals surface area contributed by atoms with E-state index in [4.69, 9.17) is 36.3 Å². The highest BCUT2D eigenvalue weighted by molar-refractivity contribution is 6.31. The van der Waals surface area contributed by atoms with Gasteiger partial charge in [0, 0.05) is 20.3 Å². The molecular formula is C16H19ClN4O6. The molecule has 11 heteroatoms. The summed E-state index contributed by atoms with van der Waals surface area (Å²) in [6, 6.07) is 1.64. The lowest BCUT2D eigenvalue weighted by Gasteiger charge is -2.18. The Bertz CT molecular complexity index is 885. The van der Waals surface area contributed by atoms with E-state index in [1.807, 2.05) is 0 Å². The van der Waals surface area contributed by atoms with Gasteiger partial charge in [-0.15, -0.1) is 0 Å². The van der Waals surface area contributed by atoms with Crippen LogP contribution in [0.15, 0.2) is 6.07 Å². The number of aromatic nitrogens is 3. The summed E-state index contributed by atoms with van der Waals surface area (Å²) in [4.78, 5) is 30.8. The Kier molecular flexibility index (Phi) is 5.38. The SMILES string of the molecule is COc1nc(N)nc2c1cc(Cl)n2[C@@H]1C[C@H](OC(C)=O)[C@@H](COC(C)=O)O1. The van der Waals surface area contributed by atoms with Crippen LogP contribution in [0.5, 0.6) is 5.88 Å². The van der Waals surface area contributed by atoms with Gasteiger partial charge in [0.25, 0.3) is 0 Å². The van der Waals surface area contributed by atoms with Crippen molar-refractivity contribution in [1.82, 2.24) is 14.5 Å². The quantitative estimate of drug-likeness (QED) is 0.744. The third kappa shape index (κ3) is 3.91. The number of nitrogen functional groups attached to an aromatic ring is 1. The Balaban J connectivity index is 1.96. The number of carbonyl (C=O) groups excluding carboxylic acids is 2. The first kappa shape index (κ1) is 19.2. The van der Waals surface area contributed by atoms with Gasteiger partial charge in [-0.05, 0) is 6.07 Å². The molecule has 3 atom stereocenters. The van der Waals surface area contributed by atoms with E-state index in [2.05, 4.69) is 9.97 Å². The summed E-state index contributed by atoms with van der Waals surface area (Å²) >= 11 is 6.38. The van der Waals surface area contributed by atoms with E-state index in [0.29, 0.717) is 22.6 Å². The Morgan fingerprint density at radius 2 is 2.11 bits per heavy atom. The van der Waals surface area contributed by atoms with Crippen LogP contribution in [-0.4, -0.2) is 52.4 Å². The normalized spacial score (nSPS) is 22.0. The average Bonchev–Trinajstić information content (AvgIpc) is 3.11. The fourth-order valence-corrected chi connectivity index (χ4v) is 3.33. The van der Waals surface area contributed by atoms with Gasteiger partial charge in [0.1, 0.15) is 30.2 Å². The number of anilines is 1. The van der Waals surface area contributed by atoms with Gasteiger partial charge >= 0.3 is 11.9 Å². The van der Waals surface area contributed by atoms with Crippen molar-refractivity contribution in [2.24, 2.45) is 0 Å². The highest BCUT2D eigenvalue weighted by Gasteiger charge is 2.40. The van der Waals surface area contributed by atoms with Crippen molar-refractivity contribution in [2.75, 3.05) is 19.5 Å². The molecule has 3 rings (SSSR count). The van der Waals surface area contributed by atoms with Crippen LogP contribution >= 0.6 is 11.6 Å². The predicted molar refractivity (Wildman–Crippen MR) is 94.2 cm³/mol.